The van der Waals surface area contributed by atoms with E-state index in [1.165, 1.54) is 4.31 Å². The Hall–Kier alpha value is -1.56. The molecule has 5 nitrogen and oxygen atoms in total. The fourth-order valence-corrected chi connectivity index (χ4v) is 5.14. The van der Waals surface area contributed by atoms with Crippen LogP contribution in [0, 0.1) is 5.92 Å². The van der Waals surface area contributed by atoms with E-state index in [0.717, 1.165) is 31.6 Å². The van der Waals surface area contributed by atoms with E-state index >= 15 is 0 Å². The third kappa shape index (κ3) is 3.58. The molecule has 6 heteroatoms. The number of carbonyl (C=O) groups excluding carboxylic acids is 1. The third-order valence-electron chi connectivity index (χ3n) is 5.31. The van der Waals surface area contributed by atoms with E-state index in [2.05, 4.69) is 19.2 Å². The lowest BCUT2D eigenvalue weighted by Gasteiger charge is -2.37. The highest BCUT2D eigenvalue weighted by molar-refractivity contribution is 7.93. The molecule has 1 aromatic carbocycles. The number of hydrogen-bond donors (Lipinski definition) is 1. The molecule has 0 radical (unpaired) electrons. The van der Waals surface area contributed by atoms with Crippen molar-refractivity contribution in [2.45, 2.75) is 51.5 Å². The molecule has 1 saturated carbocycles. The van der Waals surface area contributed by atoms with Crippen molar-refractivity contribution in [3.63, 3.8) is 0 Å². The van der Waals surface area contributed by atoms with Crippen molar-refractivity contribution in [3.05, 3.63) is 29.8 Å². The molecule has 1 saturated heterocycles. The molecule has 132 valence electrons. The summed E-state index contributed by atoms with van der Waals surface area (Å²) in [5, 5.41) is 3.17. The topological polar surface area (TPSA) is 66.5 Å². The molecule has 0 unspecified atom stereocenters. The second-order valence-electron chi connectivity index (χ2n) is 7.49. The summed E-state index contributed by atoms with van der Waals surface area (Å²) in [7, 11) is -3.18. The monoisotopic (exact) mass is 350 g/mol. The highest BCUT2D eigenvalue weighted by Crippen LogP contribution is 2.32. The normalized spacial score (nSPS) is 29.4. The Bertz CT molecular complexity index is 704. The molecule has 1 heterocycles. The number of amides is 1. The van der Waals surface area contributed by atoms with E-state index in [1.54, 1.807) is 24.3 Å². The fourth-order valence-electron chi connectivity index (χ4n) is 3.58. The van der Waals surface area contributed by atoms with Crippen LogP contribution in [0.3, 0.4) is 0 Å². The van der Waals surface area contributed by atoms with Gasteiger partial charge in [0, 0.05) is 17.6 Å². The molecule has 0 spiro atoms. The Morgan fingerprint density at radius 1 is 1.21 bits per heavy atom. The highest BCUT2D eigenvalue weighted by Gasteiger charge is 2.31. The molecule has 1 aliphatic heterocycles. The van der Waals surface area contributed by atoms with Crippen LogP contribution in [-0.2, 0) is 10.0 Å². The number of hydrogen-bond acceptors (Lipinski definition) is 3. The average Bonchev–Trinajstić information content (AvgIpc) is 2.90. The first-order valence-electron chi connectivity index (χ1n) is 8.72. The molecule has 1 aliphatic carbocycles. The summed E-state index contributed by atoms with van der Waals surface area (Å²) >= 11 is 0. The minimum Gasteiger partial charge on any atom is -0.347 e. The first-order chi connectivity index (χ1) is 11.3. The lowest BCUT2D eigenvalue weighted by molar-refractivity contribution is 0.0870. The quantitative estimate of drug-likeness (QED) is 0.911. The minimum absolute atomic E-state index is 0.0807. The van der Waals surface area contributed by atoms with E-state index in [0.29, 0.717) is 24.2 Å². The van der Waals surface area contributed by atoms with Gasteiger partial charge in [-0.15, -0.1) is 0 Å². The summed E-state index contributed by atoms with van der Waals surface area (Å²) in [5.74, 6) is 0.853. The second-order valence-corrected chi connectivity index (χ2v) is 9.50. The van der Waals surface area contributed by atoms with E-state index in [4.69, 9.17) is 0 Å². The number of carbonyl (C=O) groups is 1. The number of sulfonamides is 1. The molecular weight excluding hydrogens is 324 g/mol. The standard InChI is InChI=1S/C18H26N2O3S/c1-14-8-10-18(2,11-9-14)19-17(21)15-4-6-16(7-5-15)20-12-3-13-24(20,22)23/h4-7,14H,3,8-13H2,1-2H3,(H,19,21). The third-order valence-corrected chi connectivity index (χ3v) is 7.18. The zero-order valence-electron chi connectivity index (χ0n) is 14.4. The molecule has 3 rings (SSSR count). The smallest absolute Gasteiger partial charge is 0.251 e. The summed E-state index contributed by atoms with van der Waals surface area (Å²) in [4.78, 5) is 12.5. The average molecular weight is 350 g/mol. The van der Waals surface area contributed by atoms with E-state index in [1.807, 2.05) is 0 Å². The number of rotatable bonds is 3. The predicted molar refractivity (Wildman–Crippen MR) is 95.7 cm³/mol. The highest BCUT2D eigenvalue weighted by atomic mass is 32.2. The Morgan fingerprint density at radius 3 is 2.38 bits per heavy atom. The second kappa shape index (κ2) is 6.39. The first kappa shape index (κ1) is 17.3. The zero-order valence-corrected chi connectivity index (χ0v) is 15.2. The maximum Gasteiger partial charge on any atom is 0.251 e. The van der Waals surface area contributed by atoms with Gasteiger partial charge in [-0.1, -0.05) is 6.92 Å². The van der Waals surface area contributed by atoms with Gasteiger partial charge in [0.25, 0.3) is 5.91 Å². The Morgan fingerprint density at radius 2 is 1.83 bits per heavy atom. The first-order valence-corrected chi connectivity index (χ1v) is 10.3. The van der Waals surface area contributed by atoms with Crippen LogP contribution in [0.4, 0.5) is 5.69 Å². The predicted octanol–water partition coefficient (Wildman–Crippen LogP) is 2.93. The lowest BCUT2D eigenvalue weighted by Crippen LogP contribution is -2.48. The molecule has 1 amide bonds. The van der Waals surface area contributed by atoms with Gasteiger partial charge in [-0.3, -0.25) is 9.10 Å². The molecule has 0 aromatic heterocycles. The summed E-state index contributed by atoms with van der Waals surface area (Å²) in [5.41, 5.74) is 1.08. The summed E-state index contributed by atoms with van der Waals surface area (Å²) in [6.45, 7) is 4.89. The van der Waals surface area contributed by atoms with Gasteiger partial charge in [0.05, 0.1) is 11.4 Å². The Balaban J connectivity index is 1.68. The SMILES string of the molecule is CC1CCC(C)(NC(=O)c2ccc(N3CCCS3(=O)=O)cc2)CC1. The van der Waals surface area contributed by atoms with Gasteiger partial charge >= 0.3 is 0 Å². The van der Waals surface area contributed by atoms with Crippen LogP contribution < -0.4 is 9.62 Å². The molecule has 1 N–H and O–H groups in total. The van der Waals surface area contributed by atoms with Gasteiger partial charge in [0.15, 0.2) is 0 Å². The van der Waals surface area contributed by atoms with Crippen molar-refractivity contribution in [2.24, 2.45) is 5.92 Å². The minimum atomic E-state index is -3.18. The summed E-state index contributed by atoms with van der Waals surface area (Å²) < 4.78 is 25.3. The number of nitrogens with one attached hydrogen (secondary N) is 1. The van der Waals surface area contributed by atoms with Crippen molar-refractivity contribution in [2.75, 3.05) is 16.6 Å². The molecule has 24 heavy (non-hydrogen) atoms. The number of nitrogens with zero attached hydrogens (tertiary/aromatic N) is 1. The summed E-state index contributed by atoms with van der Waals surface area (Å²) in [6.07, 6.45) is 4.94. The van der Waals surface area contributed by atoms with Crippen molar-refractivity contribution in [1.82, 2.24) is 5.32 Å². The van der Waals surface area contributed by atoms with Crippen molar-refractivity contribution < 1.29 is 13.2 Å². The van der Waals surface area contributed by atoms with Crippen molar-refractivity contribution >= 4 is 21.6 Å². The van der Waals surface area contributed by atoms with E-state index in [9.17, 15) is 13.2 Å². The van der Waals surface area contributed by atoms with Crippen LogP contribution in [0.1, 0.15) is 56.3 Å². The number of anilines is 1. The maximum absolute atomic E-state index is 12.5. The Labute approximate surface area is 144 Å². The van der Waals surface area contributed by atoms with Gasteiger partial charge in [0.1, 0.15) is 0 Å². The van der Waals surface area contributed by atoms with E-state index in [-0.39, 0.29) is 17.2 Å². The van der Waals surface area contributed by atoms with Crippen LogP contribution >= 0.6 is 0 Å². The van der Waals surface area contributed by atoms with Crippen LogP contribution in [0.15, 0.2) is 24.3 Å². The zero-order chi connectivity index (χ0) is 17.4. The molecular formula is C18H26N2O3S. The van der Waals surface area contributed by atoms with Gasteiger partial charge in [-0.25, -0.2) is 8.42 Å². The van der Waals surface area contributed by atoms with Crippen molar-refractivity contribution in [1.29, 1.82) is 0 Å². The molecule has 2 fully saturated rings. The fraction of sp³-hybridized carbons (Fsp3) is 0.611. The van der Waals surface area contributed by atoms with Crippen LogP contribution in [0.2, 0.25) is 0 Å². The Kier molecular flexibility index (Phi) is 4.60. The maximum atomic E-state index is 12.5. The van der Waals surface area contributed by atoms with Gasteiger partial charge in [0.2, 0.25) is 10.0 Å². The molecule has 2 aliphatic rings. The van der Waals surface area contributed by atoms with Crippen LogP contribution in [-0.4, -0.2) is 32.2 Å². The van der Waals surface area contributed by atoms with Gasteiger partial charge in [-0.05, 0) is 69.2 Å². The molecule has 0 bridgehead atoms. The van der Waals surface area contributed by atoms with E-state index < -0.39 is 10.0 Å². The molecule has 1 aromatic rings. The van der Waals surface area contributed by atoms with Crippen LogP contribution in [0.25, 0.3) is 0 Å². The van der Waals surface area contributed by atoms with Gasteiger partial charge in [-0.2, -0.15) is 0 Å². The largest absolute Gasteiger partial charge is 0.347 e. The van der Waals surface area contributed by atoms with Crippen LogP contribution in [0.5, 0.6) is 0 Å². The summed E-state index contributed by atoms with van der Waals surface area (Å²) in [6, 6.07) is 6.88. The molecule has 0 atom stereocenters. The van der Waals surface area contributed by atoms with Gasteiger partial charge < -0.3 is 5.32 Å². The number of benzene rings is 1. The lowest BCUT2D eigenvalue weighted by atomic mass is 9.78. The van der Waals surface area contributed by atoms with Crippen molar-refractivity contribution in [3.8, 4) is 0 Å².